The monoisotopic (exact) mass is 331 g/mol. The molecule has 1 aliphatic rings. The largest absolute Gasteiger partial charge is 0.444 e. The fraction of sp³-hybridized carbons (Fsp3) is 0.875. The van der Waals surface area contributed by atoms with Gasteiger partial charge in [0.05, 0.1) is 18.0 Å². The van der Waals surface area contributed by atoms with Crippen LogP contribution in [-0.2, 0) is 4.74 Å². The van der Waals surface area contributed by atoms with Crippen molar-refractivity contribution in [2.45, 2.75) is 65.0 Å². The lowest BCUT2D eigenvalue weighted by atomic mass is 9.75. The van der Waals surface area contributed by atoms with Crippen LogP contribution in [0.2, 0.25) is 0 Å². The molecule has 0 aliphatic carbocycles. The second kappa shape index (κ2) is 7.91. The molecule has 0 aromatic heterocycles. The van der Waals surface area contributed by atoms with Gasteiger partial charge >= 0.3 is 6.09 Å². The zero-order valence-corrected chi connectivity index (χ0v) is 14.4. The summed E-state index contributed by atoms with van der Waals surface area (Å²) in [5, 5.41) is 12.3. The van der Waals surface area contributed by atoms with Gasteiger partial charge in [-0.1, -0.05) is 0 Å². The van der Waals surface area contributed by atoms with Crippen molar-refractivity contribution < 1.29 is 18.3 Å². The first-order valence-corrected chi connectivity index (χ1v) is 7.98. The van der Waals surface area contributed by atoms with E-state index < -0.39 is 17.4 Å². The number of hydrogen-bond donors (Lipinski definition) is 1. The maximum Gasteiger partial charge on any atom is 0.410 e. The average molecular weight is 331 g/mol. The van der Waals surface area contributed by atoms with Crippen LogP contribution in [0.1, 0.15) is 47.0 Å². The molecule has 1 rings (SSSR count). The summed E-state index contributed by atoms with van der Waals surface area (Å²) in [7, 11) is 0. The minimum atomic E-state index is -2.40. The van der Waals surface area contributed by atoms with E-state index in [1.807, 2.05) is 27.7 Å². The van der Waals surface area contributed by atoms with E-state index in [-0.39, 0.29) is 18.7 Å². The van der Waals surface area contributed by atoms with E-state index in [4.69, 9.17) is 4.74 Å². The van der Waals surface area contributed by atoms with Gasteiger partial charge in [-0.05, 0) is 47.0 Å². The molecule has 5 nitrogen and oxygen atoms in total. The van der Waals surface area contributed by atoms with Crippen LogP contribution < -0.4 is 5.32 Å². The minimum absolute atomic E-state index is 0.170. The Hall–Kier alpha value is -1.42. The number of nitrogens with zero attached hydrogens (tertiary/aromatic N) is 2. The summed E-state index contributed by atoms with van der Waals surface area (Å²) in [5.74, 6) is 0. The Bertz CT molecular complexity index is 436. The fourth-order valence-electron chi connectivity index (χ4n) is 2.75. The molecule has 1 heterocycles. The number of halogens is 2. The van der Waals surface area contributed by atoms with Crippen LogP contribution in [-0.4, -0.2) is 48.7 Å². The molecule has 132 valence electrons. The van der Waals surface area contributed by atoms with Crippen molar-refractivity contribution in [1.29, 1.82) is 5.26 Å². The summed E-state index contributed by atoms with van der Waals surface area (Å²) in [4.78, 5) is 13.6. The highest BCUT2D eigenvalue weighted by molar-refractivity contribution is 5.68. The molecule has 0 aromatic rings. The number of carbonyl (C=O) groups excluding carboxylic acids is 1. The van der Waals surface area contributed by atoms with Gasteiger partial charge in [-0.25, -0.2) is 13.6 Å². The molecule has 0 saturated carbocycles. The third kappa shape index (κ3) is 6.69. The Morgan fingerprint density at radius 3 is 2.39 bits per heavy atom. The van der Waals surface area contributed by atoms with Gasteiger partial charge in [0.2, 0.25) is 0 Å². The molecule has 0 bridgehead atoms. The maximum absolute atomic E-state index is 12.2. The molecule has 1 saturated heterocycles. The summed E-state index contributed by atoms with van der Waals surface area (Å²) >= 11 is 0. The summed E-state index contributed by atoms with van der Waals surface area (Å²) < 4.78 is 29.8. The number of piperidine rings is 1. The molecular formula is C16H27F2N3O2. The molecule has 0 radical (unpaired) electrons. The van der Waals surface area contributed by atoms with Crippen molar-refractivity contribution in [3.05, 3.63) is 0 Å². The van der Waals surface area contributed by atoms with Crippen LogP contribution in [0.5, 0.6) is 0 Å². The molecular weight excluding hydrogens is 304 g/mol. The topological polar surface area (TPSA) is 65.4 Å². The summed E-state index contributed by atoms with van der Waals surface area (Å²) in [5.41, 5.74) is -1.12. The summed E-state index contributed by atoms with van der Waals surface area (Å²) in [6.45, 7) is 7.77. The molecule has 0 spiro atoms. The molecule has 1 atom stereocenters. The van der Waals surface area contributed by atoms with Gasteiger partial charge in [0, 0.05) is 19.1 Å². The lowest BCUT2D eigenvalue weighted by Gasteiger charge is -2.39. The van der Waals surface area contributed by atoms with Gasteiger partial charge in [-0.3, -0.25) is 0 Å². The van der Waals surface area contributed by atoms with Crippen LogP contribution in [0.15, 0.2) is 0 Å². The first kappa shape index (κ1) is 19.6. The van der Waals surface area contributed by atoms with Gasteiger partial charge < -0.3 is 15.0 Å². The lowest BCUT2D eigenvalue weighted by Crippen LogP contribution is -2.46. The van der Waals surface area contributed by atoms with Crippen LogP contribution in [0, 0.1) is 16.7 Å². The van der Waals surface area contributed by atoms with Crippen molar-refractivity contribution >= 4 is 6.09 Å². The predicted octanol–water partition coefficient (Wildman–Crippen LogP) is 3.16. The number of alkyl halides is 2. The third-order valence-electron chi connectivity index (χ3n) is 3.93. The van der Waals surface area contributed by atoms with Crippen LogP contribution >= 0.6 is 0 Å². The maximum atomic E-state index is 12.2. The standard InChI is InChI=1S/C16H27F2N3O2/c1-12(20-10-13(17)18)9-16(11-19)5-7-21(8-6-16)14(22)23-15(2,3)4/h12-13,20H,5-10H2,1-4H3. The third-order valence-corrected chi connectivity index (χ3v) is 3.93. The van der Waals surface area contributed by atoms with E-state index >= 15 is 0 Å². The second-order valence-corrected chi connectivity index (χ2v) is 7.26. The number of nitrogens with one attached hydrogen (secondary N) is 1. The fourth-order valence-corrected chi connectivity index (χ4v) is 2.75. The molecule has 1 amide bonds. The van der Waals surface area contributed by atoms with Crippen molar-refractivity contribution in [3.8, 4) is 6.07 Å². The average Bonchev–Trinajstić information content (AvgIpc) is 2.44. The SMILES string of the molecule is CC(CC1(C#N)CCN(C(=O)OC(C)(C)C)CC1)NCC(F)F. The molecule has 7 heteroatoms. The number of ether oxygens (including phenoxy) is 1. The molecule has 23 heavy (non-hydrogen) atoms. The molecule has 0 aromatic carbocycles. The Balaban J connectivity index is 2.53. The predicted molar refractivity (Wildman–Crippen MR) is 83.2 cm³/mol. The van der Waals surface area contributed by atoms with Gasteiger partial charge in [0.15, 0.2) is 0 Å². The number of rotatable bonds is 5. The van der Waals surface area contributed by atoms with E-state index in [9.17, 15) is 18.8 Å². The van der Waals surface area contributed by atoms with Gasteiger partial charge in [-0.2, -0.15) is 5.26 Å². The number of carbonyl (C=O) groups is 1. The van der Waals surface area contributed by atoms with Crippen molar-refractivity contribution in [2.75, 3.05) is 19.6 Å². The van der Waals surface area contributed by atoms with Crippen LogP contribution in [0.4, 0.5) is 13.6 Å². The van der Waals surface area contributed by atoms with E-state index in [1.54, 1.807) is 4.90 Å². The van der Waals surface area contributed by atoms with Gasteiger partial charge in [0.25, 0.3) is 6.43 Å². The molecule has 1 aliphatic heterocycles. The molecule has 1 fully saturated rings. The highest BCUT2D eigenvalue weighted by Crippen LogP contribution is 2.35. The van der Waals surface area contributed by atoms with Crippen LogP contribution in [0.25, 0.3) is 0 Å². The Labute approximate surface area is 137 Å². The summed E-state index contributed by atoms with van der Waals surface area (Å²) in [6, 6.07) is 2.17. The Kier molecular flexibility index (Phi) is 6.75. The van der Waals surface area contributed by atoms with E-state index in [1.165, 1.54) is 0 Å². The van der Waals surface area contributed by atoms with Gasteiger partial charge in [0.1, 0.15) is 5.60 Å². The van der Waals surface area contributed by atoms with Crippen molar-refractivity contribution in [3.63, 3.8) is 0 Å². The number of amides is 1. The number of hydrogen-bond acceptors (Lipinski definition) is 4. The zero-order valence-electron chi connectivity index (χ0n) is 14.4. The Morgan fingerprint density at radius 1 is 1.39 bits per heavy atom. The molecule has 1 unspecified atom stereocenters. The first-order valence-electron chi connectivity index (χ1n) is 7.98. The normalized spacial score (nSPS) is 19.3. The highest BCUT2D eigenvalue weighted by Gasteiger charge is 2.38. The van der Waals surface area contributed by atoms with E-state index in [0.29, 0.717) is 32.4 Å². The second-order valence-electron chi connectivity index (χ2n) is 7.26. The van der Waals surface area contributed by atoms with Crippen LogP contribution in [0.3, 0.4) is 0 Å². The van der Waals surface area contributed by atoms with E-state index in [0.717, 1.165) is 0 Å². The lowest BCUT2D eigenvalue weighted by molar-refractivity contribution is 0.0135. The number of nitriles is 1. The van der Waals surface area contributed by atoms with Gasteiger partial charge in [-0.15, -0.1) is 0 Å². The molecule has 1 N–H and O–H groups in total. The minimum Gasteiger partial charge on any atom is -0.444 e. The van der Waals surface area contributed by atoms with Crippen molar-refractivity contribution in [1.82, 2.24) is 10.2 Å². The first-order chi connectivity index (χ1) is 10.6. The zero-order chi connectivity index (χ0) is 17.7. The van der Waals surface area contributed by atoms with Crippen molar-refractivity contribution in [2.24, 2.45) is 5.41 Å². The highest BCUT2D eigenvalue weighted by atomic mass is 19.3. The quantitative estimate of drug-likeness (QED) is 0.840. The smallest absolute Gasteiger partial charge is 0.410 e. The Morgan fingerprint density at radius 2 is 1.96 bits per heavy atom. The summed E-state index contributed by atoms with van der Waals surface area (Å²) in [6.07, 6.45) is -1.21. The van der Waals surface area contributed by atoms with E-state index in [2.05, 4.69) is 11.4 Å². The number of likely N-dealkylation sites (tertiary alicyclic amines) is 1.